The van der Waals surface area contributed by atoms with E-state index in [9.17, 15) is 9.59 Å². The number of nitrogens with one attached hydrogen (secondary N) is 1. The molecule has 3 N–H and O–H groups in total. The molecule has 1 unspecified atom stereocenters. The van der Waals surface area contributed by atoms with E-state index in [2.05, 4.69) is 5.32 Å². The van der Waals surface area contributed by atoms with Gasteiger partial charge in [0.1, 0.15) is 5.54 Å². The van der Waals surface area contributed by atoms with Crippen LogP contribution in [0, 0.1) is 5.92 Å². The number of carboxylic acids is 1. The SMILES string of the molecule is CC(C)(NC(=O)N1CCC(CCO)C1)C(=O)O. The molecule has 0 aromatic carbocycles. The highest BCUT2D eigenvalue weighted by Gasteiger charge is 2.33. The van der Waals surface area contributed by atoms with Crippen molar-refractivity contribution in [2.24, 2.45) is 5.92 Å². The number of likely N-dealkylation sites (tertiary alicyclic amines) is 1. The van der Waals surface area contributed by atoms with Crippen molar-refractivity contribution in [3.63, 3.8) is 0 Å². The number of hydrogen-bond acceptors (Lipinski definition) is 3. The lowest BCUT2D eigenvalue weighted by Crippen LogP contribution is -2.53. The Kier molecular flexibility index (Phi) is 4.34. The molecule has 2 amide bonds. The molecule has 1 aliphatic heterocycles. The molecule has 1 fully saturated rings. The Bertz CT molecular complexity index is 304. The average Bonchev–Trinajstić information content (AvgIpc) is 2.66. The second-order valence-electron chi connectivity index (χ2n) is 4.97. The molecule has 1 heterocycles. The van der Waals surface area contributed by atoms with E-state index in [1.807, 2.05) is 0 Å². The van der Waals surface area contributed by atoms with Gasteiger partial charge >= 0.3 is 12.0 Å². The summed E-state index contributed by atoms with van der Waals surface area (Å²) in [5, 5.41) is 20.2. The minimum absolute atomic E-state index is 0.126. The lowest BCUT2D eigenvalue weighted by Gasteiger charge is -2.25. The molecule has 6 nitrogen and oxygen atoms in total. The summed E-state index contributed by atoms with van der Waals surface area (Å²) in [6.45, 7) is 4.23. The Morgan fingerprint density at radius 3 is 2.65 bits per heavy atom. The van der Waals surface area contributed by atoms with Gasteiger partial charge in [-0.3, -0.25) is 0 Å². The largest absolute Gasteiger partial charge is 0.480 e. The van der Waals surface area contributed by atoms with Gasteiger partial charge in [-0.15, -0.1) is 0 Å². The maximum absolute atomic E-state index is 11.8. The molecule has 0 aromatic heterocycles. The number of amides is 2. The number of carbonyl (C=O) groups excluding carboxylic acids is 1. The van der Waals surface area contributed by atoms with E-state index >= 15 is 0 Å². The topological polar surface area (TPSA) is 89.9 Å². The van der Waals surface area contributed by atoms with Crippen LogP contribution in [0.2, 0.25) is 0 Å². The van der Waals surface area contributed by atoms with Crippen molar-refractivity contribution in [1.29, 1.82) is 0 Å². The molecule has 1 saturated heterocycles. The summed E-state index contributed by atoms with van der Waals surface area (Å²) in [4.78, 5) is 24.3. The van der Waals surface area contributed by atoms with E-state index in [1.165, 1.54) is 13.8 Å². The number of hydrogen-bond donors (Lipinski definition) is 3. The highest BCUT2D eigenvalue weighted by Crippen LogP contribution is 2.19. The highest BCUT2D eigenvalue weighted by atomic mass is 16.4. The van der Waals surface area contributed by atoms with E-state index in [4.69, 9.17) is 10.2 Å². The number of rotatable bonds is 4. The fourth-order valence-corrected chi connectivity index (χ4v) is 1.84. The first-order valence-electron chi connectivity index (χ1n) is 5.78. The molecular weight excluding hydrogens is 224 g/mol. The van der Waals surface area contributed by atoms with Gasteiger partial charge in [-0.25, -0.2) is 9.59 Å². The first kappa shape index (κ1) is 13.8. The number of aliphatic hydroxyl groups excluding tert-OH is 1. The molecular formula is C11H20N2O4. The Labute approximate surface area is 101 Å². The van der Waals surface area contributed by atoms with E-state index in [-0.39, 0.29) is 12.6 Å². The molecule has 1 aliphatic rings. The highest BCUT2D eigenvalue weighted by molar-refractivity contribution is 5.85. The van der Waals surface area contributed by atoms with Crippen molar-refractivity contribution in [2.75, 3.05) is 19.7 Å². The van der Waals surface area contributed by atoms with Crippen LogP contribution in [0.4, 0.5) is 4.79 Å². The molecule has 1 rings (SSSR count). The third kappa shape index (κ3) is 3.59. The minimum Gasteiger partial charge on any atom is -0.480 e. The van der Waals surface area contributed by atoms with Crippen molar-refractivity contribution in [3.05, 3.63) is 0 Å². The number of aliphatic carboxylic acids is 1. The van der Waals surface area contributed by atoms with Crippen LogP contribution >= 0.6 is 0 Å². The van der Waals surface area contributed by atoms with E-state index < -0.39 is 11.5 Å². The Hall–Kier alpha value is -1.30. The summed E-state index contributed by atoms with van der Waals surface area (Å²) in [6, 6.07) is -0.349. The van der Waals surface area contributed by atoms with Crippen LogP contribution in [0.3, 0.4) is 0 Å². The molecule has 0 aromatic rings. The molecule has 17 heavy (non-hydrogen) atoms. The zero-order valence-electron chi connectivity index (χ0n) is 10.3. The fourth-order valence-electron chi connectivity index (χ4n) is 1.84. The Balaban J connectivity index is 2.47. The summed E-state index contributed by atoms with van der Waals surface area (Å²) in [7, 11) is 0. The normalized spacial score (nSPS) is 20.4. The van der Waals surface area contributed by atoms with E-state index in [0.717, 1.165) is 6.42 Å². The number of nitrogens with zero attached hydrogens (tertiary/aromatic N) is 1. The van der Waals surface area contributed by atoms with Crippen LogP contribution in [-0.2, 0) is 4.79 Å². The fraction of sp³-hybridized carbons (Fsp3) is 0.818. The van der Waals surface area contributed by atoms with Crippen molar-refractivity contribution < 1.29 is 19.8 Å². The Morgan fingerprint density at radius 2 is 2.12 bits per heavy atom. The second-order valence-corrected chi connectivity index (χ2v) is 4.97. The van der Waals surface area contributed by atoms with Crippen LogP contribution < -0.4 is 5.32 Å². The molecule has 0 radical (unpaired) electrons. The first-order chi connectivity index (χ1) is 7.86. The number of urea groups is 1. The summed E-state index contributed by atoms with van der Waals surface area (Å²) in [6.07, 6.45) is 1.55. The predicted octanol–water partition coefficient (Wildman–Crippen LogP) is 0.263. The van der Waals surface area contributed by atoms with Crippen molar-refractivity contribution >= 4 is 12.0 Å². The zero-order chi connectivity index (χ0) is 13.1. The first-order valence-corrected chi connectivity index (χ1v) is 5.78. The third-order valence-electron chi connectivity index (χ3n) is 3.06. The average molecular weight is 244 g/mol. The van der Waals surface area contributed by atoms with Crippen molar-refractivity contribution in [1.82, 2.24) is 10.2 Å². The maximum atomic E-state index is 11.8. The van der Waals surface area contributed by atoms with Gasteiger partial charge in [0, 0.05) is 19.7 Å². The monoisotopic (exact) mass is 244 g/mol. The lowest BCUT2D eigenvalue weighted by atomic mass is 10.1. The van der Waals surface area contributed by atoms with Gasteiger partial charge in [0.2, 0.25) is 0 Å². The van der Waals surface area contributed by atoms with Gasteiger partial charge in [-0.05, 0) is 32.6 Å². The summed E-state index contributed by atoms with van der Waals surface area (Å²) < 4.78 is 0. The molecule has 0 aliphatic carbocycles. The summed E-state index contributed by atoms with van der Waals surface area (Å²) >= 11 is 0. The number of carboxylic acid groups (broad SMARTS) is 1. The van der Waals surface area contributed by atoms with E-state index in [1.54, 1.807) is 4.90 Å². The molecule has 0 bridgehead atoms. The van der Waals surface area contributed by atoms with Crippen LogP contribution in [0.15, 0.2) is 0 Å². The Morgan fingerprint density at radius 1 is 1.47 bits per heavy atom. The quantitative estimate of drug-likeness (QED) is 0.662. The number of carbonyl (C=O) groups is 2. The maximum Gasteiger partial charge on any atom is 0.328 e. The molecule has 6 heteroatoms. The van der Waals surface area contributed by atoms with Gasteiger partial charge in [0.25, 0.3) is 0 Å². The lowest BCUT2D eigenvalue weighted by molar-refractivity contribution is -0.143. The summed E-state index contributed by atoms with van der Waals surface area (Å²) in [5.41, 5.74) is -1.26. The van der Waals surface area contributed by atoms with Gasteiger partial charge in [0.05, 0.1) is 0 Å². The van der Waals surface area contributed by atoms with Gasteiger partial charge < -0.3 is 20.4 Å². The van der Waals surface area contributed by atoms with Gasteiger partial charge in [-0.2, -0.15) is 0 Å². The van der Waals surface area contributed by atoms with Crippen LogP contribution in [-0.4, -0.2) is 52.3 Å². The van der Waals surface area contributed by atoms with Crippen LogP contribution in [0.25, 0.3) is 0 Å². The van der Waals surface area contributed by atoms with Crippen LogP contribution in [0.1, 0.15) is 26.7 Å². The smallest absolute Gasteiger partial charge is 0.328 e. The second kappa shape index (κ2) is 5.35. The van der Waals surface area contributed by atoms with Crippen molar-refractivity contribution in [2.45, 2.75) is 32.2 Å². The third-order valence-corrected chi connectivity index (χ3v) is 3.06. The zero-order valence-corrected chi connectivity index (χ0v) is 10.3. The molecule has 0 spiro atoms. The molecule has 0 saturated carbocycles. The predicted molar refractivity (Wildman–Crippen MR) is 61.6 cm³/mol. The van der Waals surface area contributed by atoms with Gasteiger partial charge in [0.15, 0.2) is 0 Å². The number of aliphatic hydroxyl groups is 1. The van der Waals surface area contributed by atoms with E-state index in [0.29, 0.717) is 25.4 Å². The molecule has 1 atom stereocenters. The molecule has 98 valence electrons. The van der Waals surface area contributed by atoms with Gasteiger partial charge in [-0.1, -0.05) is 0 Å². The van der Waals surface area contributed by atoms with Crippen molar-refractivity contribution in [3.8, 4) is 0 Å². The summed E-state index contributed by atoms with van der Waals surface area (Å²) in [5.74, 6) is -0.740. The standard InChI is InChI=1S/C11H20N2O4/c1-11(2,9(15)16)12-10(17)13-5-3-8(7-13)4-6-14/h8,14H,3-7H2,1-2H3,(H,12,17)(H,15,16). The minimum atomic E-state index is -1.26. The van der Waals surface area contributed by atoms with Crippen LogP contribution in [0.5, 0.6) is 0 Å².